The van der Waals surface area contributed by atoms with Crippen molar-refractivity contribution in [2.24, 2.45) is 4.40 Å². The van der Waals surface area contributed by atoms with Gasteiger partial charge < -0.3 is 15.0 Å². The SMILES string of the molecule is Cc1ccc(C)c(Oc2ccc(CNC(=O)C3=CN4CCS(=O)(=O)N=C4C=C3)cn2)c1. The number of aryl methyl sites for hydroxylation is 2. The predicted molar refractivity (Wildman–Crippen MR) is 117 cm³/mol. The van der Waals surface area contributed by atoms with Crippen LogP contribution in [-0.4, -0.2) is 42.3 Å². The van der Waals surface area contributed by atoms with Gasteiger partial charge in [0.15, 0.2) is 0 Å². The minimum atomic E-state index is -3.42. The van der Waals surface area contributed by atoms with Crippen molar-refractivity contribution in [1.82, 2.24) is 15.2 Å². The molecule has 1 aromatic heterocycles. The Morgan fingerprint density at radius 3 is 2.81 bits per heavy atom. The minimum Gasteiger partial charge on any atom is -0.439 e. The summed E-state index contributed by atoms with van der Waals surface area (Å²) in [5, 5.41) is 2.84. The van der Waals surface area contributed by atoms with Crippen LogP contribution in [0.4, 0.5) is 0 Å². The standard InChI is InChI=1S/C22H22N4O4S/c1-15-3-4-16(2)19(11-15)30-21-8-5-17(12-23-21)13-24-22(27)18-6-7-20-25-31(28,29)10-9-26(20)14-18/h3-8,11-12,14H,9-10,13H2,1-2H3,(H,24,27). The highest BCUT2D eigenvalue weighted by atomic mass is 32.2. The van der Waals surface area contributed by atoms with E-state index in [4.69, 9.17) is 4.74 Å². The van der Waals surface area contributed by atoms with Gasteiger partial charge in [-0.15, -0.1) is 4.40 Å². The summed E-state index contributed by atoms with van der Waals surface area (Å²) in [4.78, 5) is 18.5. The Balaban J connectivity index is 1.35. The summed E-state index contributed by atoms with van der Waals surface area (Å²) in [6.07, 6.45) is 6.37. The fraction of sp³-hybridized carbons (Fsp3) is 0.227. The highest BCUT2D eigenvalue weighted by molar-refractivity contribution is 7.90. The summed E-state index contributed by atoms with van der Waals surface area (Å²) < 4.78 is 32.7. The first-order chi connectivity index (χ1) is 14.8. The number of carbonyl (C=O) groups excluding carboxylic acids is 1. The Morgan fingerprint density at radius 1 is 1.19 bits per heavy atom. The Bertz CT molecular complexity index is 1210. The average molecular weight is 439 g/mol. The fourth-order valence-electron chi connectivity index (χ4n) is 3.13. The summed E-state index contributed by atoms with van der Waals surface area (Å²) in [6, 6.07) is 9.60. The first kappa shape index (κ1) is 20.8. The third-order valence-electron chi connectivity index (χ3n) is 4.89. The van der Waals surface area contributed by atoms with Gasteiger partial charge in [-0.05, 0) is 48.8 Å². The van der Waals surface area contributed by atoms with Crippen molar-refractivity contribution < 1.29 is 17.9 Å². The molecule has 8 nitrogen and oxygen atoms in total. The maximum atomic E-state index is 12.5. The first-order valence-corrected chi connectivity index (χ1v) is 11.4. The minimum absolute atomic E-state index is 0.0715. The van der Waals surface area contributed by atoms with E-state index in [1.165, 1.54) is 6.08 Å². The van der Waals surface area contributed by atoms with E-state index in [1.54, 1.807) is 29.4 Å². The van der Waals surface area contributed by atoms with E-state index in [0.717, 1.165) is 22.4 Å². The number of benzene rings is 1. The number of amidine groups is 1. The van der Waals surface area contributed by atoms with Crippen molar-refractivity contribution in [1.29, 1.82) is 0 Å². The monoisotopic (exact) mass is 438 g/mol. The quantitative estimate of drug-likeness (QED) is 0.770. The lowest BCUT2D eigenvalue weighted by molar-refractivity contribution is -0.117. The molecule has 4 rings (SSSR count). The van der Waals surface area contributed by atoms with E-state index in [1.807, 2.05) is 38.1 Å². The van der Waals surface area contributed by atoms with Crippen LogP contribution in [0.5, 0.6) is 11.6 Å². The van der Waals surface area contributed by atoms with Crippen LogP contribution in [0.2, 0.25) is 0 Å². The molecule has 0 bridgehead atoms. The predicted octanol–water partition coefficient (Wildman–Crippen LogP) is 2.60. The third-order valence-corrected chi connectivity index (χ3v) is 6.06. The van der Waals surface area contributed by atoms with Gasteiger partial charge in [0.05, 0.1) is 11.3 Å². The molecule has 0 saturated carbocycles. The van der Waals surface area contributed by atoms with Gasteiger partial charge in [0, 0.05) is 31.6 Å². The summed E-state index contributed by atoms with van der Waals surface area (Å²) in [7, 11) is -3.42. The van der Waals surface area contributed by atoms with Crippen LogP contribution in [0, 0.1) is 13.8 Å². The molecule has 1 amide bonds. The average Bonchev–Trinajstić information content (AvgIpc) is 2.74. The summed E-state index contributed by atoms with van der Waals surface area (Å²) >= 11 is 0. The maximum Gasteiger partial charge on any atom is 0.256 e. The molecule has 160 valence electrons. The van der Waals surface area contributed by atoms with Crippen LogP contribution in [0.15, 0.2) is 64.9 Å². The second kappa shape index (κ2) is 8.35. The van der Waals surface area contributed by atoms with Crippen LogP contribution < -0.4 is 10.1 Å². The molecule has 1 N–H and O–H groups in total. The lowest BCUT2D eigenvalue weighted by atomic mass is 10.1. The summed E-state index contributed by atoms with van der Waals surface area (Å²) in [5.41, 5.74) is 3.39. The van der Waals surface area contributed by atoms with Gasteiger partial charge in [0.2, 0.25) is 5.88 Å². The first-order valence-electron chi connectivity index (χ1n) is 9.76. The molecule has 0 fully saturated rings. The molecular formula is C22H22N4O4S. The molecule has 31 heavy (non-hydrogen) atoms. The molecule has 0 aliphatic carbocycles. The Morgan fingerprint density at radius 2 is 2.03 bits per heavy atom. The Kier molecular flexibility index (Phi) is 5.60. The van der Waals surface area contributed by atoms with E-state index in [-0.39, 0.29) is 18.2 Å². The summed E-state index contributed by atoms with van der Waals surface area (Å²) in [5.74, 6) is 1.23. The number of pyridine rings is 1. The second-order valence-electron chi connectivity index (χ2n) is 7.41. The molecule has 9 heteroatoms. The van der Waals surface area contributed by atoms with Crippen LogP contribution in [0.25, 0.3) is 0 Å². The molecule has 2 aromatic rings. The van der Waals surface area contributed by atoms with E-state index in [0.29, 0.717) is 23.8 Å². The van der Waals surface area contributed by atoms with E-state index < -0.39 is 10.0 Å². The van der Waals surface area contributed by atoms with Gasteiger partial charge in [-0.3, -0.25) is 4.79 Å². The molecule has 0 atom stereocenters. The number of rotatable bonds is 5. The number of aromatic nitrogens is 1. The molecule has 2 aliphatic heterocycles. The molecular weight excluding hydrogens is 416 g/mol. The van der Waals surface area contributed by atoms with Crippen LogP contribution in [-0.2, 0) is 21.4 Å². The zero-order chi connectivity index (χ0) is 22.0. The topological polar surface area (TPSA) is 101 Å². The van der Waals surface area contributed by atoms with Gasteiger partial charge in [0.25, 0.3) is 15.9 Å². The largest absolute Gasteiger partial charge is 0.439 e. The number of amides is 1. The van der Waals surface area contributed by atoms with E-state index in [9.17, 15) is 13.2 Å². The molecule has 0 saturated heterocycles. The molecule has 1 aromatic carbocycles. The number of ether oxygens (including phenoxy) is 1. The Hall–Kier alpha value is -3.46. The Labute approximate surface area is 181 Å². The van der Waals surface area contributed by atoms with Gasteiger partial charge in [-0.25, -0.2) is 13.4 Å². The highest BCUT2D eigenvalue weighted by Crippen LogP contribution is 2.24. The second-order valence-corrected chi connectivity index (χ2v) is 9.16. The van der Waals surface area contributed by atoms with Crippen LogP contribution >= 0.6 is 0 Å². The molecule has 0 spiro atoms. The summed E-state index contributed by atoms with van der Waals surface area (Å²) in [6.45, 7) is 4.55. The van der Waals surface area contributed by atoms with Crippen LogP contribution in [0.1, 0.15) is 16.7 Å². The van der Waals surface area contributed by atoms with Crippen molar-refractivity contribution in [3.63, 3.8) is 0 Å². The zero-order valence-corrected chi connectivity index (χ0v) is 18.0. The van der Waals surface area contributed by atoms with Gasteiger partial charge >= 0.3 is 0 Å². The number of sulfonamides is 1. The number of carbonyl (C=O) groups is 1. The molecule has 2 aliphatic rings. The van der Waals surface area contributed by atoms with Gasteiger partial charge in [0.1, 0.15) is 11.6 Å². The van der Waals surface area contributed by atoms with Gasteiger partial charge in [-0.2, -0.15) is 0 Å². The molecule has 0 radical (unpaired) electrons. The number of nitrogens with zero attached hydrogens (tertiary/aromatic N) is 3. The van der Waals surface area contributed by atoms with Crippen molar-refractivity contribution in [3.8, 4) is 11.6 Å². The number of fused-ring (bicyclic) bond motifs is 1. The lowest BCUT2D eigenvalue weighted by Gasteiger charge is -2.26. The molecule has 0 unspecified atom stereocenters. The van der Waals surface area contributed by atoms with Crippen molar-refractivity contribution in [2.75, 3.05) is 12.3 Å². The number of nitrogens with one attached hydrogen (secondary N) is 1. The van der Waals surface area contributed by atoms with Crippen molar-refractivity contribution >= 4 is 21.8 Å². The maximum absolute atomic E-state index is 12.5. The lowest BCUT2D eigenvalue weighted by Crippen LogP contribution is -2.38. The fourth-order valence-corrected chi connectivity index (χ4v) is 4.09. The number of hydrogen-bond acceptors (Lipinski definition) is 6. The van der Waals surface area contributed by atoms with Gasteiger partial charge in [-0.1, -0.05) is 18.2 Å². The normalized spacial score (nSPS) is 16.8. The van der Waals surface area contributed by atoms with E-state index >= 15 is 0 Å². The van der Waals surface area contributed by atoms with Crippen molar-refractivity contribution in [3.05, 3.63) is 77.1 Å². The third kappa shape index (κ3) is 5.00. The smallest absolute Gasteiger partial charge is 0.256 e. The van der Waals surface area contributed by atoms with Crippen LogP contribution in [0.3, 0.4) is 0 Å². The number of hydrogen-bond donors (Lipinski definition) is 1. The van der Waals surface area contributed by atoms with E-state index in [2.05, 4.69) is 14.7 Å². The van der Waals surface area contributed by atoms with Crippen molar-refractivity contribution in [2.45, 2.75) is 20.4 Å². The highest BCUT2D eigenvalue weighted by Gasteiger charge is 2.24. The molecule has 3 heterocycles. The zero-order valence-electron chi connectivity index (χ0n) is 17.2.